The second-order valence-electron chi connectivity index (χ2n) is 4.99. The summed E-state index contributed by atoms with van der Waals surface area (Å²) in [5.74, 6) is -0.0126. The molecule has 0 radical (unpaired) electrons. The second-order valence-corrected chi connectivity index (χ2v) is 4.99. The third-order valence-electron chi connectivity index (χ3n) is 3.27. The van der Waals surface area contributed by atoms with Crippen LogP contribution in [0.25, 0.3) is 0 Å². The van der Waals surface area contributed by atoms with E-state index in [1.165, 1.54) is 0 Å². The number of phenols is 1. The third-order valence-corrected chi connectivity index (χ3v) is 3.27. The number of nitrogens with one attached hydrogen (secondary N) is 1. The van der Waals surface area contributed by atoms with Crippen LogP contribution < -0.4 is 11.1 Å². The average Bonchev–Trinajstić information content (AvgIpc) is 2.50. The van der Waals surface area contributed by atoms with E-state index < -0.39 is 6.04 Å². The molecule has 0 unspecified atom stereocenters. The molecular formula is C16H19N3O2. The van der Waals surface area contributed by atoms with E-state index in [0.29, 0.717) is 6.42 Å². The van der Waals surface area contributed by atoms with Crippen LogP contribution in [0.5, 0.6) is 5.75 Å². The first-order chi connectivity index (χ1) is 10.1. The van der Waals surface area contributed by atoms with Crippen LogP contribution in [0.4, 0.5) is 0 Å². The lowest BCUT2D eigenvalue weighted by Gasteiger charge is -2.17. The van der Waals surface area contributed by atoms with Crippen molar-refractivity contribution in [3.8, 4) is 5.75 Å². The maximum Gasteiger partial charge on any atom is 0.237 e. The van der Waals surface area contributed by atoms with Crippen molar-refractivity contribution < 1.29 is 9.90 Å². The molecule has 1 aromatic carbocycles. The number of nitrogens with two attached hydrogens (primary N) is 1. The Labute approximate surface area is 123 Å². The van der Waals surface area contributed by atoms with E-state index in [2.05, 4.69) is 10.3 Å². The van der Waals surface area contributed by atoms with Crippen molar-refractivity contribution in [2.45, 2.75) is 25.4 Å². The lowest BCUT2D eigenvalue weighted by Crippen LogP contribution is -2.42. The molecule has 110 valence electrons. The largest absolute Gasteiger partial charge is 0.508 e. The molecule has 0 saturated carbocycles. The van der Waals surface area contributed by atoms with Crippen molar-refractivity contribution in [1.29, 1.82) is 0 Å². The molecule has 0 bridgehead atoms. The molecule has 0 aliphatic rings. The van der Waals surface area contributed by atoms with Gasteiger partial charge < -0.3 is 16.2 Å². The summed E-state index contributed by atoms with van der Waals surface area (Å²) in [6, 6.07) is 9.64. The molecule has 2 rings (SSSR count). The third kappa shape index (κ3) is 4.29. The molecule has 1 heterocycles. The van der Waals surface area contributed by atoms with E-state index in [-0.39, 0.29) is 17.7 Å². The van der Waals surface area contributed by atoms with E-state index in [9.17, 15) is 9.90 Å². The van der Waals surface area contributed by atoms with Crippen LogP contribution in [-0.2, 0) is 11.2 Å². The van der Waals surface area contributed by atoms with Crippen molar-refractivity contribution >= 4 is 5.91 Å². The first kappa shape index (κ1) is 15.0. The number of carbonyl (C=O) groups excluding carboxylic acids is 1. The fraction of sp³-hybridized carbons (Fsp3) is 0.250. The lowest BCUT2D eigenvalue weighted by molar-refractivity contribution is -0.123. The van der Waals surface area contributed by atoms with Crippen LogP contribution in [0.3, 0.4) is 0 Å². The van der Waals surface area contributed by atoms with E-state index in [0.717, 1.165) is 11.1 Å². The lowest BCUT2D eigenvalue weighted by atomic mass is 10.0. The number of carbonyl (C=O) groups is 1. The van der Waals surface area contributed by atoms with E-state index in [1.54, 1.807) is 36.7 Å². The van der Waals surface area contributed by atoms with Crippen molar-refractivity contribution in [1.82, 2.24) is 10.3 Å². The molecule has 0 spiro atoms. The maximum atomic E-state index is 12.1. The Balaban J connectivity index is 1.92. The summed E-state index contributed by atoms with van der Waals surface area (Å²) in [5, 5.41) is 12.1. The van der Waals surface area contributed by atoms with Crippen molar-refractivity contribution in [3.63, 3.8) is 0 Å². The van der Waals surface area contributed by atoms with Gasteiger partial charge in [-0.05, 0) is 42.7 Å². The fourth-order valence-corrected chi connectivity index (χ4v) is 2.01. The molecule has 0 fully saturated rings. The van der Waals surface area contributed by atoms with Crippen molar-refractivity contribution in [2.75, 3.05) is 0 Å². The normalized spacial score (nSPS) is 13.4. The minimum atomic E-state index is -0.631. The first-order valence-corrected chi connectivity index (χ1v) is 6.80. The van der Waals surface area contributed by atoms with E-state index in [1.807, 2.05) is 19.1 Å². The number of phenolic OH excluding ortho intramolecular Hbond substituents is 1. The van der Waals surface area contributed by atoms with Crippen LogP contribution >= 0.6 is 0 Å². The summed E-state index contributed by atoms with van der Waals surface area (Å²) in [6.07, 6.45) is 3.83. The summed E-state index contributed by atoms with van der Waals surface area (Å²) in [7, 11) is 0. The summed E-state index contributed by atoms with van der Waals surface area (Å²) in [5.41, 5.74) is 7.76. The van der Waals surface area contributed by atoms with Crippen LogP contribution in [-0.4, -0.2) is 22.0 Å². The number of aromatic nitrogens is 1. The minimum Gasteiger partial charge on any atom is -0.508 e. The first-order valence-electron chi connectivity index (χ1n) is 6.80. The molecule has 5 heteroatoms. The van der Waals surface area contributed by atoms with Gasteiger partial charge in [0.2, 0.25) is 5.91 Å². The summed E-state index contributed by atoms with van der Waals surface area (Å²) < 4.78 is 0. The Morgan fingerprint density at radius 1 is 1.33 bits per heavy atom. The second kappa shape index (κ2) is 6.85. The highest BCUT2D eigenvalue weighted by atomic mass is 16.3. The molecule has 0 aliphatic heterocycles. The van der Waals surface area contributed by atoms with Gasteiger partial charge in [0.15, 0.2) is 0 Å². The number of pyridine rings is 1. The highest BCUT2D eigenvalue weighted by Gasteiger charge is 2.17. The van der Waals surface area contributed by atoms with Crippen molar-refractivity contribution in [3.05, 3.63) is 59.9 Å². The van der Waals surface area contributed by atoms with Crippen LogP contribution in [0.1, 0.15) is 24.1 Å². The van der Waals surface area contributed by atoms with Gasteiger partial charge in [-0.3, -0.25) is 9.78 Å². The highest BCUT2D eigenvalue weighted by Crippen LogP contribution is 2.12. The Morgan fingerprint density at radius 2 is 2.05 bits per heavy atom. The number of amides is 1. The van der Waals surface area contributed by atoms with Gasteiger partial charge in [-0.1, -0.05) is 18.2 Å². The molecule has 1 amide bonds. The number of aromatic hydroxyl groups is 1. The van der Waals surface area contributed by atoms with Crippen molar-refractivity contribution in [2.24, 2.45) is 5.73 Å². The molecule has 4 N–H and O–H groups in total. The number of benzene rings is 1. The standard InChI is InChI=1S/C16H19N3O2/c1-11(13-3-2-8-18-10-13)19-16(21)15(17)9-12-4-6-14(20)7-5-12/h2-8,10-11,15,20H,9,17H2,1H3,(H,19,21)/t11-,15+/m1/s1. The summed E-state index contributed by atoms with van der Waals surface area (Å²) in [4.78, 5) is 16.1. The van der Waals surface area contributed by atoms with Crippen LogP contribution in [0.15, 0.2) is 48.8 Å². The number of hydrogen-bond acceptors (Lipinski definition) is 4. The van der Waals surface area contributed by atoms with Gasteiger partial charge in [0.1, 0.15) is 5.75 Å². The quantitative estimate of drug-likeness (QED) is 0.777. The van der Waals surface area contributed by atoms with Gasteiger partial charge in [0, 0.05) is 12.4 Å². The Hall–Kier alpha value is -2.40. The maximum absolute atomic E-state index is 12.1. The highest BCUT2D eigenvalue weighted by molar-refractivity contribution is 5.82. The zero-order chi connectivity index (χ0) is 15.2. The summed E-state index contributed by atoms with van der Waals surface area (Å²) >= 11 is 0. The fourth-order valence-electron chi connectivity index (χ4n) is 2.01. The number of hydrogen-bond donors (Lipinski definition) is 3. The predicted molar refractivity (Wildman–Crippen MR) is 80.6 cm³/mol. The summed E-state index contributed by atoms with van der Waals surface area (Å²) in [6.45, 7) is 1.89. The Kier molecular flexibility index (Phi) is 4.90. The van der Waals surface area contributed by atoms with Crippen LogP contribution in [0, 0.1) is 0 Å². The topological polar surface area (TPSA) is 88.2 Å². The zero-order valence-corrected chi connectivity index (χ0v) is 11.9. The molecule has 5 nitrogen and oxygen atoms in total. The van der Waals surface area contributed by atoms with Gasteiger partial charge in [0.25, 0.3) is 0 Å². The van der Waals surface area contributed by atoms with E-state index >= 15 is 0 Å². The molecule has 2 aromatic rings. The minimum absolute atomic E-state index is 0.142. The zero-order valence-electron chi connectivity index (χ0n) is 11.9. The molecule has 0 aliphatic carbocycles. The molecule has 0 saturated heterocycles. The number of nitrogens with zero attached hydrogens (tertiary/aromatic N) is 1. The van der Waals surface area contributed by atoms with E-state index in [4.69, 9.17) is 5.73 Å². The molecule has 1 aromatic heterocycles. The van der Waals surface area contributed by atoms with Gasteiger partial charge in [-0.25, -0.2) is 0 Å². The average molecular weight is 285 g/mol. The molecule has 21 heavy (non-hydrogen) atoms. The molecule has 2 atom stereocenters. The van der Waals surface area contributed by atoms with Gasteiger partial charge >= 0.3 is 0 Å². The predicted octanol–water partition coefficient (Wildman–Crippen LogP) is 1.53. The van der Waals surface area contributed by atoms with Gasteiger partial charge in [-0.2, -0.15) is 0 Å². The van der Waals surface area contributed by atoms with Gasteiger partial charge in [0.05, 0.1) is 12.1 Å². The SMILES string of the molecule is C[C@@H](NC(=O)[C@@H](N)Cc1ccc(O)cc1)c1cccnc1. The Bertz CT molecular complexity index is 584. The monoisotopic (exact) mass is 285 g/mol. The molecular weight excluding hydrogens is 266 g/mol. The Morgan fingerprint density at radius 3 is 2.67 bits per heavy atom. The smallest absolute Gasteiger partial charge is 0.237 e. The van der Waals surface area contributed by atoms with Gasteiger partial charge in [-0.15, -0.1) is 0 Å². The van der Waals surface area contributed by atoms with Crippen LogP contribution in [0.2, 0.25) is 0 Å². The number of rotatable bonds is 5.